The highest BCUT2D eigenvalue weighted by Gasteiger charge is 2.21. The van der Waals surface area contributed by atoms with Gasteiger partial charge in [0.25, 0.3) is 0 Å². The number of quaternary nitrogens is 1. The Morgan fingerprint density at radius 2 is 2.00 bits per heavy atom. The largest absolute Gasteiger partial charge is 0.629 e. The van der Waals surface area contributed by atoms with Crippen molar-refractivity contribution in [3.05, 3.63) is 52.5 Å². The maximum atomic E-state index is 12.1. The fraction of sp³-hybridized carbons (Fsp3) is 0.440. The second-order valence-electron chi connectivity index (χ2n) is 9.70. The van der Waals surface area contributed by atoms with Crippen molar-refractivity contribution in [3.8, 4) is 0 Å². The van der Waals surface area contributed by atoms with Gasteiger partial charge in [-0.05, 0) is 51.8 Å². The summed E-state index contributed by atoms with van der Waals surface area (Å²) in [6.45, 7) is 8.42. The van der Waals surface area contributed by atoms with E-state index in [2.05, 4.69) is 25.9 Å². The summed E-state index contributed by atoms with van der Waals surface area (Å²) < 4.78 is 5.25. The third-order valence-electron chi connectivity index (χ3n) is 5.14. The third kappa shape index (κ3) is 8.21. The van der Waals surface area contributed by atoms with Crippen LogP contribution in [0.1, 0.15) is 44.0 Å². The van der Waals surface area contributed by atoms with Crippen molar-refractivity contribution in [3.63, 3.8) is 0 Å². The number of anilines is 3. The van der Waals surface area contributed by atoms with Crippen LogP contribution in [0.2, 0.25) is 0 Å². The summed E-state index contributed by atoms with van der Waals surface area (Å²) in [5.74, 6) is 0.746. The zero-order valence-corrected chi connectivity index (χ0v) is 21.5. The lowest BCUT2D eigenvalue weighted by molar-refractivity contribution is -0.806. The minimum absolute atomic E-state index is 0.00663. The Morgan fingerprint density at radius 3 is 2.72 bits per heavy atom. The van der Waals surface area contributed by atoms with Crippen LogP contribution in [0.3, 0.4) is 0 Å². The van der Waals surface area contributed by atoms with Gasteiger partial charge in [-0.15, -0.1) is 0 Å². The van der Waals surface area contributed by atoms with E-state index in [0.29, 0.717) is 37.0 Å². The van der Waals surface area contributed by atoms with E-state index in [9.17, 15) is 14.8 Å². The number of nitrogens with one attached hydrogen (secondary N) is 4. The maximum absolute atomic E-state index is 12.1. The number of hydroxylamine groups is 2. The highest BCUT2D eigenvalue weighted by molar-refractivity contribution is 5.82. The number of aryl methyl sites for hydroxylation is 1. The molecule has 0 saturated heterocycles. The highest BCUT2D eigenvalue weighted by atomic mass is 16.6. The lowest BCUT2D eigenvalue weighted by Crippen LogP contribution is -3.01. The summed E-state index contributed by atoms with van der Waals surface area (Å²) >= 11 is 0. The van der Waals surface area contributed by atoms with Crippen molar-refractivity contribution < 1.29 is 19.4 Å². The fourth-order valence-corrected chi connectivity index (χ4v) is 3.45. The Labute approximate surface area is 211 Å². The van der Waals surface area contributed by atoms with Crippen LogP contribution >= 0.6 is 0 Å². The number of amides is 2. The van der Waals surface area contributed by atoms with Gasteiger partial charge in [0.1, 0.15) is 24.5 Å². The molecule has 0 bridgehead atoms. The molecule has 0 radical (unpaired) electrons. The Kier molecular flexibility index (Phi) is 8.83. The molecular weight excluding hydrogens is 462 g/mol. The van der Waals surface area contributed by atoms with E-state index in [1.807, 2.05) is 31.2 Å². The number of ether oxygens (including phenoxy) is 1. The van der Waals surface area contributed by atoms with E-state index in [-0.39, 0.29) is 24.1 Å². The molecule has 0 spiro atoms. The SMILES string of the molecule is Cc1cccc(Nc2nc(NCCCNC(=O)CN(C)C(=O)OC(C)(C)C)nc3c2C[NH+]([O-])C=C3)c1. The Hall–Kier alpha value is -3.70. The number of carbonyl (C=O) groups excluding carboxylic acids is 2. The quantitative estimate of drug-likeness (QED) is 0.306. The Morgan fingerprint density at radius 1 is 1.22 bits per heavy atom. The molecule has 1 aromatic carbocycles. The number of nitrogens with zero attached hydrogens (tertiary/aromatic N) is 3. The summed E-state index contributed by atoms with van der Waals surface area (Å²) in [6, 6.07) is 7.91. The van der Waals surface area contributed by atoms with E-state index < -0.39 is 11.7 Å². The number of benzene rings is 1. The van der Waals surface area contributed by atoms with Gasteiger partial charge in [0.15, 0.2) is 0 Å². The van der Waals surface area contributed by atoms with Gasteiger partial charge in [0.2, 0.25) is 11.9 Å². The molecule has 1 aliphatic heterocycles. The summed E-state index contributed by atoms with van der Waals surface area (Å²) in [4.78, 5) is 34.5. The number of likely N-dealkylation sites (N-methyl/N-ethyl adjacent to an activating group) is 1. The normalized spacial score (nSPS) is 14.6. The number of carbonyl (C=O) groups is 2. The van der Waals surface area contributed by atoms with E-state index in [1.54, 1.807) is 26.8 Å². The summed E-state index contributed by atoms with van der Waals surface area (Å²) in [6.07, 6.45) is 3.31. The van der Waals surface area contributed by atoms with Crippen LogP contribution in [0.5, 0.6) is 0 Å². The lowest BCUT2D eigenvalue weighted by atomic mass is 10.1. The van der Waals surface area contributed by atoms with Gasteiger partial charge in [-0.25, -0.2) is 9.78 Å². The smallest absolute Gasteiger partial charge is 0.410 e. The predicted octanol–water partition coefficient (Wildman–Crippen LogP) is 2.18. The molecule has 1 atom stereocenters. The second kappa shape index (κ2) is 11.8. The predicted molar refractivity (Wildman–Crippen MR) is 139 cm³/mol. The molecule has 0 saturated carbocycles. The van der Waals surface area contributed by atoms with Gasteiger partial charge in [0.05, 0.1) is 17.5 Å². The first kappa shape index (κ1) is 26.9. The molecule has 1 aromatic heterocycles. The van der Waals surface area contributed by atoms with Gasteiger partial charge >= 0.3 is 6.09 Å². The van der Waals surface area contributed by atoms with Crippen LogP contribution in [-0.4, -0.2) is 59.2 Å². The standard InChI is InChI=1S/C25H35N7O4/c1-17-8-6-9-18(14-17)28-22-19-15-32(35)13-10-20(19)29-23(30-22)27-12-7-11-26-21(33)16-31(5)24(34)36-25(2,3)4/h6,8-10,13-14,32H,7,11-12,15-16H2,1-5H3,(H,26,33)(H2,27,28,29,30). The van der Waals surface area contributed by atoms with Crippen molar-refractivity contribution >= 4 is 35.5 Å². The first-order valence-electron chi connectivity index (χ1n) is 11.9. The average Bonchev–Trinajstić information content (AvgIpc) is 2.78. The van der Waals surface area contributed by atoms with Crippen molar-refractivity contribution in [1.82, 2.24) is 20.2 Å². The van der Waals surface area contributed by atoms with Crippen LogP contribution in [0, 0.1) is 12.1 Å². The molecule has 2 aromatic rings. The Bertz CT molecular complexity index is 1110. The molecule has 1 aliphatic rings. The number of hydrogen-bond acceptors (Lipinski definition) is 8. The molecule has 4 N–H and O–H groups in total. The minimum atomic E-state index is -0.618. The van der Waals surface area contributed by atoms with Gasteiger partial charge in [-0.3, -0.25) is 4.79 Å². The van der Waals surface area contributed by atoms with E-state index in [4.69, 9.17) is 4.74 Å². The molecule has 3 rings (SSSR count). The molecule has 0 fully saturated rings. The van der Waals surface area contributed by atoms with Crippen LogP contribution in [0.25, 0.3) is 6.08 Å². The number of fused-ring (bicyclic) bond motifs is 1. The molecular formula is C25H35N7O4. The van der Waals surface area contributed by atoms with Crippen molar-refractivity contribution in [1.29, 1.82) is 0 Å². The second-order valence-corrected chi connectivity index (χ2v) is 9.70. The first-order valence-corrected chi connectivity index (χ1v) is 11.9. The summed E-state index contributed by atoms with van der Waals surface area (Å²) in [5, 5.41) is 21.3. The first-order chi connectivity index (χ1) is 17.0. The molecule has 2 heterocycles. The zero-order valence-electron chi connectivity index (χ0n) is 21.5. The van der Waals surface area contributed by atoms with Crippen LogP contribution in [0.15, 0.2) is 30.5 Å². The number of rotatable bonds is 9. The molecule has 0 aliphatic carbocycles. The van der Waals surface area contributed by atoms with Crippen molar-refractivity contribution in [2.75, 3.05) is 37.3 Å². The molecule has 194 valence electrons. The maximum Gasteiger partial charge on any atom is 0.410 e. The highest BCUT2D eigenvalue weighted by Crippen LogP contribution is 2.25. The third-order valence-corrected chi connectivity index (χ3v) is 5.14. The minimum Gasteiger partial charge on any atom is -0.629 e. The molecule has 11 nitrogen and oxygen atoms in total. The number of hydrogen-bond donors (Lipinski definition) is 4. The van der Waals surface area contributed by atoms with E-state index in [0.717, 1.165) is 16.8 Å². The molecule has 11 heteroatoms. The average molecular weight is 498 g/mol. The summed E-state index contributed by atoms with van der Waals surface area (Å²) in [7, 11) is 1.52. The fourth-order valence-electron chi connectivity index (χ4n) is 3.45. The van der Waals surface area contributed by atoms with Crippen molar-refractivity contribution in [2.24, 2.45) is 0 Å². The van der Waals surface area contributed by atoms with E-state index in [1.165, 1.54) is 18.1 Å². The monoisotopic (exact) mass is 497 g/mol. The van der Waals surface area contributed by atoms with E-state index >= 15 is 0 Å². The number of aromatic nitrogens is 2. The lowest BCUT2D eigenvalue weighted by Gasteiger charge is -2.24. The molecule has 36 heavy (non-hydrogen) atoms. The molecule has 2 amide bonds. The van der Waals surface area contributed by atoms with Crippen LogP contribution in [-0.2, 0) is 16.1 Å². The zero-order chi connectivity index (χ0) is 26.3. The van der Waals surface area contributed by atoms with Gasteiger partial charge in [0, 0.05) is 31.9 Å². The molecule has 1 unspecified atom stereocenters. The summed E-state index contributed by atoms with van der Waals surface area (Å²) in [5.41, 5.74) is 2.82. The van der Waals surface area contributed by atoms with Gasteiger partial charge in [-0.1, -0.05) is 12.1 Å². The van der Waals surface area contributed by atoms with Crippen molar-refractivity contribution in [2.45, 2.75) is 46.3 Å². The topological polar surface area (TPSA) is 136 Å². The van der Waals surface area contributed by atoms with Gasteiger partial charge in [-0.2, -0.15) is 4.98 Å². The Balaban J connectivity index is 1.52. The van der Waals surface area contributed by atoms with Gasteiger partial charge < -0.3 is 35.9 Å². The van der Waals surface area contributed by atoms with Crippen LogP contribution < -0.4 is 21.0 Å². The van der Waals surface area contributed by atoms with Crippen LogP contribution in [0.4, 0.5) is 22.2 Å².